The Labute approximate surface area is 175 Å². The van der Waals surface area contributed by atoms with E-state index in [4.69, 9.17) is 0 Å². The maximum atomic E-state index is 11.7. The maximum absolute atomic E-state index is 11.7. The van der Waals surface area contributed by atoms with Gasteiger partial charge < -0.3 is 14.9 Å². The number of nitro groups is 1. The Morgan fingerprint density at radius 1 is 1.10 bits per heavy atom. The molecule has 158 valence electrons. The van der Waals surface area contributed by atoms with Crippen molar-refractivity contribution in [2.75, 3.05) is 49.1 Å². The minimum absolute atomic E-state index is 0.0490. The third-order valence-electron chi connectivity index (χ3n) is 5.99. The summed E-state index contributed by atoms with van der Waals surface area (Å²) in [6.45, 7) is 6.09. The molecule has 1 fully saturated rings. The summed E-state index contributed by atoms with van der Waals surface area (Å²) >= 11 is 0. The molecule has 0 bridgehead atoms. The first-order valence-electron chi connectivity index (χ1n) is 10.2. The summed E-state index contributed by atoms with van der Waals surface area (Å²) < 4.78 is 0. The smallest absolute Gasteiger partial charge is 0.269 e. The number of rotatable bonds is 5. The van der Waals surface area contributed by atoms with Gasteiger partial charge in [0.1, 0.15) is 0 Å². The number of hydrogen-bond donors (Lipinski definition) is 1. The molecule has 0 aromatic heterocycles. The zero-order valence-electron chi connectivity index (χ0n) is 17.0. The number of benzene rings is 2. The highest BCUT2D eigenvalue weighted by molar-refractivity contribution is 5.93. The molecule has 0 aliphatic carbocycles. The van der Waals surface area contributed by atoms with Crippen molar-refractivity contribution in [2.24, 2.45) is 0 Å². The zero-order chi connectivity index (χ0) is 21.3. The van der Waals surface area contributed by atoms with Crippen molar-refractivity contribution in [1.29, 1.82) is 0 Å². The summed E-state index contributed by atoms with van der Waals surface area (Å²) in [6, 6.07) is 12.5. The molecule has 0 spiro atoms. The van der Waals surface area contributed by atoms with E-state index in [0.29, 0.717) is 13.1 Å². The second-order valence-electron chi connectivity index (χ2n) is 7.89. The Morgan fingerprint density at radius 2 is 1.80 bits per heavy atom. The molecule has 8 nitrogen and oxygen atoms in total. The van der Waals surface area contributed by atoms with Gasteiger partial charge in [0.15, 0.2) is 0 Å². The van der Waals surface area contributed by atoms with E-state index in [2.05, 4.69) is 9.80 Å². The van der Waals surface area contributed by atoms with Crippen molar-refractivity contribution < 1.29 is 14.8 Å². The Bertz CT molecular complexity index is 939. The van der Waals surface area contributed by atoms with Crippen molar-refractivity contribution in [3.63, 3.8) is 0 Å². The molecule has 4 rings (SSSR count). The second kappa shape index (κ2) is 8.41. The van der Waals surface area contributed by atoms with E-state index in [1.54, 1.807) is 24.0 Å². The highest BCUT2D eigenvalue weighted by Crippen LogP contribution is 2.31. The Morgan fingerprint density at radius 3 is 2.43 bits per heavy atom. The van der Waals surface area contributed by atoms with Crippen LogP contribution >= 0.6 is 0 Å². The highest BCUT2D eigenvalue weighted by Gasteiger charge is 2.25. The molecule has 1 N–H and O–H groups in total. The molecule has 2 aliphatic heterocycles. The number of amides is 1. The maximum Gasteiger partial charge on any atom is 0.269 e. The van der Waals surface area contributed by atoms with Crippen LogP contribution < -0.4 is 9.80 Å². The van der Waals surface area contributed by atoms with Crippen molar-refractivity contribution in [3.8, 4) is 0 Å². The monoisotopic (exact) mass is 410 g/mol. The average Bonchev–Trinajstić information content (AvgIpc) is 3.18. The van der Waals surface area contributed by atoms with E-state index in [0.717, 1.165) is 55.1 Å². The number of non-ortho nitro benzene ring substituents is 1. The first kappa shape index (κ1) is 20.3. The molecular formula is C22H26N4O4. The lowest BCUT2D eigenvalue weighted by atomic mass is 10.0. The largest absolute Gasteiger partial charge is 0.387 e. The summed E-state index contributed by atoms with van der Waals surface area (Å²) in [7, 11) is 0. The van der Waals surface area contributed by atoms with Crippen molar-refractivity contribution in [3.05, 3.63) is 63.7 Å². The van der Waals surface area contributed by atoms with Gasteiger partial charge in [-0.1, -0.05) is 12.1 Å². The number of hydrogen-bond acceptors (Lipinski definition) is 6. The number of nitrogens with zero attached hydrogens (tertiary/aromatic N) is 4. The summed E-state index contributed by atoms with van der Waals surface area (Å²) in [5.74, 6) is 0.0490. The van der Waals surface area contributed by atoms with E-state index in [-0.39, 0.29) is 16.5 Å². The highest BCUT2D eigenvalue weighted by atomic mass is 16.6. The molecule has 1 unspecified atom stereocenters. The summed E-state index contributed by atoms with van der Waals surface area (Å²) in [5, 5.41) is 21.5. The normalized spacial score (nSPS) is 17.7. The average molecular weight is 410 g/mol. The SMILES string of the molecule is CC(=O)N1CCc2cc(C(O)CN3CCN(c4ccc([N+](=O)[O-])cc4)CC3)ccc21. The van der Waals surface area contributed by atoms with Crippen LogP contribution in [0.15, 0.2) is 42.5 Å². The Hall–Kier alpha value is -2.97. The van der Waals surface area contributed by atoms with Crippen molar-refractivity contribution >= 4 is 23.0 Å². The Balaban J connectivity index is 1.33. The quantitative estimate of drug-likeness (QED) is 0.601. The molecule has 2 aromatic carbocycles. The fraction of sp³-hybridized carbons (Fsp3) is 0.409. The standard InChI is InChI=1S/C22H26N4O4/c1-16(27)25-9-8-17-14-18(2-7-21(17)25)22(28)15-23-10-12-24(13-11-23)19-3-5-20(6-4-19)26(29)30/h2-7,14,22,28H,8-13,15H2,1H3. The van der Waals surface area contributed by atoms with Gasteiger partial charge in [-0.15, -0.1) is 0 Å². The van der Waals surface area contributed by atoms with Gasteiger partial charge in [0, 0.05) is 69.7 Å². The number of anilines is 2. The summed E-state index contributed by atoms with van der Waals surface area (Å²) in [4.78, 5) is 28.3. The number of nitro benzene ring substituents is 1. The molecule has 1 amide bonds. The predicted molar refractivity (Wildman–Crippen MR) is 115 cm³/mol. The fourth-order valence-corrected chi connectivity index (χ4v) is 4.28. The molecule has 2 aromatic rings. The van der Waals surface area contributed by atoms with Gasteiger partial charge in [0.25, 0.3) is 5.69 Å². The van der Waals surface area contributed by atoms with E-state index in [1.807, 2.05) is 18.2 Å². The minimum Gasteiger partial charge on any atom is -0.387 e. The number of aliphatic hydroxyl groups is 1. The van der Waals surface area contributed by atoms with Gasteiger partial charge in [0.05, 0.1) is 11.0 Å². The van der Waals surface area contributed by atoms with Gasteiger partial charge in [-0.3, -0.25) is 19.8 Å². The zero-order valence-corrected chi connectivity index (χ0v) is 17.0. The molecule has 0 radical (unpaired) electrons. The third-order valence-corrected chi connectivity index (χ3v) is 5.99. The van der Waals surface area contributed by atoms with E-state index >= 15 is 0 Å². The first-order valence-corrected chi connectivity index (χ1v) is 10.2. The third kappa shape index (κ3) is 4.15. The molecule has 0 saturated carbocycles. The first-order chi connectivity index (χ1) is 14.4. The van der Waals surface area contributed by atoms with Crippen LogP contribution in [0.5, 0.6) is 0 Å². The topological polar surface area (TPSA) is 90.2 Å². The summed E-state index contributed by atoms with van der Waals surface area (Å²) in [6.07, 6.45) is 0.247. The number of aliphatic hydroxyl groups excluding tert-OH is 1. The van der Waals surface area contributed by atoms with Crippen LogP contribution in [0.1, 0.15) is 24.2 Å². The number of carbonyl (C=O) groups excluding carboxylic acids is 1. The lowest BCUT2D eigenvalue weighted by Gasteiger charge is -2.37. The number of β-amino-alcohol motifs (C(OH)–C–C–N with tert-alkyl or cyclic N) is 1. The van der Waals surface area contributed by atoms with E-state index in [9.17, 15) is 20.0 Å². The lowest BCUT2D eigenvalue weighted by molar-refractivity contribution is -0.384. The molecule has 1 saturated heterocycles. The van der Waals surface area contributed by atoms with Gasteiger partial charge >= 0.3 is 0 Å². The van der Waals surface area contributed by atoms with Crippen molar-refractivity contribution in [1.82, 2.24) is 4.90 Å². The van der Waals surface area contributed by atoms with Gasteiger partial charge in [-0.05, 0) is 35.7 Å². The molecule has 2 aliphatic rings. The van der Waals surface area contributed by atoms with Crippen LogP contribution in [0, 0.1) is 10.1 Å². The number of fused-ring (bicyclic) bond motifs is 1. The van der Waals surface area contributed by atoms with Crippen LogP contribution in [0.25, 0.3) is 0 Å². The van der Waals surface area contributed by atoms with E-state index < -0.39 is 6.10 Å². The van der Waals surface area contributed by atoms with Crippen LogP contribution in [-0.4, -0.2) is 60.1 Å². The Kier molecular flexibility index (Phi) is 5.69. The van der Waals surface area contributed by atoms with Gasteiger partial charge in [0.2, 0.25) is 5.91 Å². The van der Waals surface area contributed by atoms with Crippen LogP contribution in [0.2, 0.25) is 0 Å². The molecule has 8 heteroatoms. The van der Waals surface area contributed by atoms with Gasteiger partial charge in [-0.25, -0.2) is 0 Å². The van der Waals surface area contributed by atoms with Crippen LogP contribution in [-0.2, 0) is 11.2 Å². The molecule has 30 heavy (non-hydrogen) atoms. The molecule has 1 atom stereocenters. The minimum atomic E-state index is -0.576. The lowest BCUT2D eigenvalue weighted by Crippen LogP contribution is -2.47. The number of piperazine rings is 1. The van der Waals surface area contributed by atoms with E-state index in [1.165, 1.54) is 12.1 Å². The van der Waals surface area contributed by atoms with Crippen LogP contribution in [0.4, 0.5) is 17.1 Å². The second-order valence-corrected chi connectivity index (χ2v) is 7.89. The molecular weight excluding hydrogens is 384 g/mol. The van der Waals surface area contributed by atoms with Gasteiger partial charge in [-0.2, -0.15) is 0 Å². The van der Waals surface area contributed by atoms with Crippen LogP contribution in [0.3, 0.4) is 0 Å². The summed E-state index contributed by atoms with van der Waals surface area (Å²) in [5.41, 5.74) is 4.03. The number of carbonyl (C=O) groups is 1. The predicted octanol–water partition coefficient (Wildman–Crippen LogP) is 2.36. The van der Waals surface area contributed by atoms with Crippen molar-refractivity contribution in [2.45, 2.75) is 19.4 Å². The fourth-order valence-electron chi connectivity index (χ4n) is 4.28. The molecule has 2 heterocycles.